The number of allylic oxidation sites excluding steroid dienone is 2. The first-order valence-corrected chi connectivity index (χ1v) is 35.0. The van der Waals surface area contributed by atoms with Gasteiger partial charge in [0.25, 0.3) is 0 Å². The van der Waals surface area contributed by atoms with E-state index in [9.17, 15) is 29.1 Å². The molecule has 2 aliphatic heterocycles. The predicted octanol–water partition coefficient (Wildman–Crippen LogP) is 3.38. The number of rotatable bonds is 21. The zero-order valence-electron chi connectivity index (χ0n) is 62.9. The van der Waals surface area contributed by atoms with Gasteiger partial charge in [0.05, 0.1) is 25.9 Å². The standard InChI is InChI=1S/C70H126N12O14/c1-25-27-29-47(15)59(83)58-63(87)73-50(26-2)65(89)79(22)55(40-96-33-28-30-82-31-34-95-35-32-82)68(92)75(18)52(37-42(5)6)62(86)74-56(45(11)12)69(93)76(19)51(36-41(3)4)61(85)71-48(16)60(84)72-49(17)64(88)77(20)53(38-43(7)8)66(90)78(21)54(39-44(9)10)67(91)80(23)57(46(13)14)70(94)81(58)24/h25,27,41-59,83H,26,28-40H2,1-24H3,(H,71,85)(H,72,84)(H,73,87)(H,74,86)/b27-25+/t47-,48+,49-,50+,51+,52+,53+,54+,55-,56+,57+,58+,59-/m1/s1. The van der Waals surface area contributed by atoms with Crippen LogP contribution in [0.4, 0.5) is 0 Å². The number of hydrogen-bond acceptors (Lipinski definition) is 15. The third kappa shape index (κ3) is 24.6. The number of carbonyl (C=O) groups excluding carboxylic acids is 11. The zero-order chi connectivity index (χ0) is 73.5. The summed E-state index contributed by atoms with van der Waals surface area (Å²) in [5.41, 5.74) is 0. The van der Waals surface area contributed by atoms with E-state index >= 15 is 28.8 Å². The third-order valence-electron chi connectivity index (χ3n) is 18.5. The molecule has 11 amide bonds. The van der Waals surface area contributed by atoms with E-state index in [-0.39, 0.29) is 69.0 Å². The number of aliphatic hydroxyl groups excluding tert-OH is 1. The molecular formula is C70H126N12O14. The van der Waals surface area contributed by atoms with Crippen molar-refractivity contribution in [1.29, 1.82) is 0 Å². The van der Waals surface area contributed by atoms with E-state index < -0.39 is 155 Å². The Bertz CT molecular complexity index is 2600. The number of likely N-dealkylation sites (N-methyl/N-ethyl adjacent to an activating group) is 7. The highest BCUT2D eigenvalue weighted by Crippen LogP contribution is 2.26. The fraction of sp³-hybridized carbons (Fsp3) is 0.814. The van der Waals surface area contributed by atoms with Crippen LogP contribution in [0.15, 0.2) is 12.2 Å². The van der Waals surface area contributed by atoms with Gasteiger partial charge in [-0.1, -0.05) is 109 Å². The van der Waals surface area contributed by atoms with Crippen molar-refractivity contribution >= 4 is 65.0 Å². The Balaban J connectivity index is 3.08. The van der Waals surface area contributed by atoms with Gasteiger partial charge in [-0.2, -0.15) is 0 Å². The first-order chi connectivity index (χ1) is 44.7. The van der Waals surface area contributed by atoms with Crippen molar-refractivity contribution < 1.29 is 67.3 Å². The molecule has 0 unspecified atom stereocenters. The van der Waals surface area contributed by atoms with Crippen LogP contribution >= 0.6 is 0 Å². The first kappa shape index (κ1) is 85.8. The number of nitrogens with zero attached hydrogens (tertiary/aromatic N) is 8. The number of morpholine rings is 1. The molecule has 2 saturated heterocycles. The van der Waals surface area contributed by atoms with Crippen LogP contribution in [0.3, 0.4) is 0 Å². The lowest BCUT2D eigenvalue weighted by atomic mass is 9.91. The lowest BCUT2D eigenvalue weighted by molar-refractivity contribution is -0.157. The van der Waals surface area contributed by atoms with Crippen LogP contribution in [0.1, 0.15) is 163 Å². The Morgan fingerprint density at radius 1 is 0.490 bits per heavy atom. The van der Waals surface area contributed by atoms with Gasteiger partial charge in [-0.25, -0.2) is 0 Å². The van der Waals surface area contributed by atoms with E-state index in [4.69, 9.17) is 9.47 Å². The van der Waals surface area contributed by atoms with Crippen molar-refractivity contribution in [3.8, 4) is 0 Å². The molecule has 0 aromatic carbocycles. The topological polar surface area (TPSA) is 300 Å². The maximum Gasteiger partial charge on any atom is 0.248 e. The third-order valence-corrected chi connectivity index (χ3v) is 18.5. The molecular weight excluding hydrogens is 1230 g/mol. The molecule has 5 N–H and O–H groups in total. The minimum absolute atomic E-state index is 0.0256. The molecule has 0 aromatic rings. The molecule has 0 bridgehead atoms. The molecule has 0 radical (unpaired) electrons. The molecule has 26 nitrogen and oxygen atoms in total. The smallest absolute Gasteiger partial charge is 0.248 e. The Kier molecular flexibility index (Phi) is 36.3. The van der Waals surface area contributed by atoms with E-state index in [1.165, 1.54) is 92.6 Å². The van der Waals surface area contributed by atoms with E-state index in [0.717, 1.165) is 18.0 Å². The fourth-order valence-corrected chi connectivity index (χ4v) is 12.4. The zero-order valence-corrected chi connectivity index (χ0v) is 62.9. The van der Waals surface area contributed by atoms with Crippen LogP contribution in [0, 0.1) is 41.4 Å². The average molecular weight is 1360 g/mol. The summed E-state index contributed by atoms with van der Waals surface area (Å²) in [6.07, 6.45) is 3.43. The maximum atomic E-state index is 15.4. The second kappa shape index (κ2) is 40.6. The predicted molar refractivity (Wildman–Crippen MR) is 370 cm³/mol. The molecule has 2 rings (SSSR count). The Morgan fingerprint density at radius 3 is 1.40 bits per heavy atom. The number of amides is 11. The van der Waals surface area contributed by atoms with Crippen LogP contribution in [-0.2, 0) is 62.2 Å². The van der Waals surface area contributed by atoms with Crippen LogP contribution in [-0.4, -0.2) is 277 Å². The van der Waals surface area contributed by atoms with Crippen molar-refractivity contribution in [1.82, 2.24) is 60.5 Å². The highest BCUT2D eigenvalue weighted by molar-refractivity contribution is 6.00. The highest BCUT2D eigenvalue weighted by Gasteiger charge is 2.46. The van der Waals surface area contributed by atoms with Gasteiger partial charge in [-0.05, 0) is 107 Å². The number of nitrogens with one attached hydrogen (secondary N) is 4. The minimum Gasteiger partial charge on any atom is -0.390 e. The van der Waals surface area contributed by atoms with E-state index in [1.807, 2.05) is 61.5 Å². The molecule has 550 valence electrons. The lowest BCUT2D eigenvalue weighted by Crippen LogP contribution is -2.64. The molecule has 13 atom stereocenters. The normalized spacial score (nSPS) is 27.1. The van der Waals surface area contributed by atoms with E-state index in [0.29, 0.717) is 32.6 Å². The fourth-order valence-electron chi connectivity index (χ4n) is 12.4. The second-order valence-electron chi connectivity index (χ2n) is 29.2. The quantitative estimate of drug-likeness (QED) is 0.0813. The Labute approximate surface area is 574 Å². The lowest BCUT2D eigenvalue weighted by Gasteiger charge is -2.41. The summed E-state index contributed by atoms with van der Waals surface area (Å²) in [5, 5.41) is 23.5. The van der Waals surface area contributed by atoms with Crippen molar-refractivity contribution in [2.75, 3.05) is 95.4 Å². The van der Waals surface area contributed by atoms with Crippen molar-refractivity contribution in [3.05, 3.63) is 12.2 Å². The van der Waals surface area contributed by atoms with Crippen LogP contribution in [0.5, 0.6) is 0 Å². The minimum atomic E-state index is -1.66. The summed E-state index contributed by atoms with van der Waals surface area (Å²) in [5.74, 6) is -10.1. The summed E-state index contributed by atoms with van der Waals surface area (Å²) in [4.78, 5) is 175. The van der Waals surface area contributed by atoms with Crippen molar-refractivity contribution in [2.45, 2.75) is 235 Å². The molecule has 2 heterocycles. The number of hydrogen-bond donors (Lipinski definition) is 5. The van der Waals surface area contributed by atoms with Gasteiger partial charge in [0.1, 0.15) is 66.5 Å². The Morgan fingerprint density at radius 2 is 0.917 bits per heavy atom. The summed E-state index contributed by atoms with van der Waals surface area (Å²) in [6.45, 7) is 33.2. The summed E-state index contributed by atoms with van der Waals surface area (Å²) < 4.78 is 11.8. The second-order valence-corrected chi connectivity index (χ2v) is 29.2. The van der Waals surface area contributed by atoms with Gasteiger partial charge in [-0.15, -0.1) is 0 Å². The maximum absolute atomic E-state index is 15.4. The van der Waals surface area contributed by atoms with Crippen LogP contribution < -0.4 is 21.3 Å². The van der Waals surface area contributed by atoms with Crippen molar-refractivity contribution in [2.24, 2.45) is 41.4 Å². The van der Waals surface area contributed by atoms with E-state index in [1.54, 1.807) is 54.5 Å². The van der Waals surface area contributed by atoms with Crippen molar-refractivity contribution in [3.63, 3.8) is 0 Å². The summed E-state index contributed by atoms with van der Waals surface area (Å²) in [6, 6.07) is -14.1. The molecule has 0 aliphatic carbocycles. The molecule has 2 fully saturated rings. The first-order valence-electron chi connectivity index (χ1n) is 35.0. The van der Waals surface area contributed by atoms with E-state index in [2.05, 4.69) is 26.2 Å². The molecule has 0 spiro atoms. The van der Waals surface area contributed by atoms with Crippen LogP contribution in [0.25, 0.3) is 0 Å². The van der Waals surface area contributed by atoms with Gasteiger partial charge >= 0.3 is 0 Å². The molecule has 26 heteroatoms. The van der Waals surface area contributed by atoms with Gasteiger partial charge in [0.15, 0.2) is 0 Å². The number of carbonyl (C=O) groups is 11. The Hall–Kier alpha value is -6.25. The SMILES string of the molecule is C/C=C/C[C@@H](C)[C@@H](O)[C@H]1C(=O)N[C@@H](CC)C(=O)N(C)[C@H](COCCCN2CCOCC2)C(=O)N(C)[C@@H](CC(C)C)C(=O)N[C@@H](C(C)C)C(=O)N(C)[C@@H](CC(C)C)C(=O)N[C@@H](C)C(=O)N[C@H](C)C(=O)N(C)[C@@H](CC(C)C)C(=O)N(C)[C@@H](CC(C)C)C(=O)N(C)[C@@H](C(C)C)C(=O)N1C. The van der Waals surface area contributed by atoms with Gasteiger partial charge < -0.3 is 70.1 Å². The molecule has 2 aliphatic rings. The monoisotopic (exact) mass is 1360 g/mol. The highest BCUT2D eigenvalue weighted by atomic mass is 16.5. The number of ether oxygens (including phenoxy) is 2. The van der Waals surface area contributed by atoms with Gasteiger partial charge in [-0.3, -0.25) is 57.6 Å². The number of aliphatic hydroxyl groups is 1. The molecule has 96 heavy (non-hydrogen) atoms. The van der Waals surface area contributed by atoms with Gasteiger partial charge in [0.2, 0.25) is 65.0 Å². The van der Waals surface area contributed by atoms with Crippen LogP contribution in [0.2, 0.25) is 0 Å². The summed E-state index contributed by atoms with van der Waals surface area (Å²) >= 11 is 0. The summed E-state index contributed by atoms with van der Waals surface area (Å²) in [7, 11) is 9.99. The average Bonchev–Trinajstić information content (AvgIpc) is 0.813. The molecule has 0 aromatic heterocycles. The largest absolute Gasteiger partial charge is 0.390 e. The molecule has 0 saturated carbocycles. The van der Waals surface area contributed by atoms with Gasteiger partial charge in [0, 0.05) is 75.6 Å².